The van der Waals surface area contributed by atoms with Crippen LogP contribution in [0.4, 0.5) is 0 Å². The topological polar surface area (TPSA) is 196 Å². The highest BCUT2D eigenvalue weighted by molar-refractivity contribution is 5.92. The lowest BCUT2D eigenvalue weighted by molar-refractivity contribution is -0.142. The molecule has 12 rings (SSSR count). The van der Waals surface area contributed by atoms with Crippen LogP contribution in [-0.2, 0) is 102 Å². The Morgan fingerprint density at radius 1 is 0.257 bits per heavy atom. The minimum Gasteiger partial charge on any atom is -0.481 e. The third kappa shape index (κ3) is 18.2. The molecule has 0 spiro atoms. The Morgan fingerprint density at radius 3 is 0.653 bits per heavy atom. The fourth-order valence-electron chi connectivity index (χ4n) is 14.3. The molecule has 101 heavy (non-hydrogen) atoms. The standard InChI is InChI=1S/C81H96N2O18/c1-61-73-70(79(99-61,64-22-10-4-11-23-64)65-24-12-5-13-25-65)58-93-49-46-87-40-34-82-35-41-88-47-50-94-59-71-74(62(2)100-80(71,66-26-14-6-15-27-66)67-28-16-7-17-29-67)77(85)97-56-53-91-44-38-83(37-43-90-52-55-96-76(73)84)39-45-92-54-57-98-78(86)75-63(3)101-81(68-30-18-8-19-31-68,69-32-20-9-21-33-69)72(75)60-95-51-48-89-42-36-82/h4-33,70-72H,34-60H2,1-3H3. The summed E-state index contributed by atoms with van der Waals surface area (Å²) >= 11 is 0. The van der Waals surface area contributed by atoms with Crippen LogP contribution in [0.15, 0.2) is 216 Å². The Kier molecular flexibility index (Phi) is 27.7. The van der Waals surface area contributed by atoms with Crippen LogP contribution in [0, 0.1) is 17.8 Å². The molecule has 6 aliphatic rings. The molecular weight excluding hydrogens is 1290 g/mol. The molecule has 538 valence electrons. The van der Waals surface area contributed by atoms with Crippen LogP contribution in [0.1, 0.15) is 54.2 Å². The Labute approximate surface area is 593 Å². The molecule has 0 saturated carbocycles. The van der Waals surface area contributed by atoms with Gasteiger partial charge in [0.05, 0.1) is 153 Å². The Hall–Kier alpha value is -8.09. The largest absolute Gasteiger partial charge is 0.481 e. The monoisotopic (exact) mass is 1380 g/mol. The van der Waals surface area contributed by atoms with Gasteiger partial charge in [0.25, 0.3) is 0 Å². The molecule has 3 atom stereocenters. The van der Waals surface area contributed by atoms with E-state index in [2.05, 4.69) is 9.80 Å². The molecule has 0 radical (unpaired) electrons. The number of hydrogen-bond donors (Lipinski definition) is 0. The van der Waals surface area contributed by atoms with Gasteiger partial charge >= 0.3 is 17.9 Å². The molecule has 6 aliphatic heterocycles. The van der Waals surface area contributed by atoms with Crippen molar-refractivity contribution >= 4 is 17.9 Å². The fraction of sp³-hybridized carbons (Fsp3) is 0.444. The molecule has 6 heterocycles. The van der Waals surface area contributed by atoms with Crippen LogP contribution in [0.2, 0.25) is 0 Å². The van der Waals surface area contributed by atoms with E-state index < -0.39 is 52.5 Å². The van der Waals surface area contributed by atoms with Crippen molar-refractivity contribution in [2.45, 2.75) is 37.6 Å². The third-order valence-corrected chi connectivity index (χ3v) is 19.1. The quantitative estimate of drug-likeness (QED) is 0.113. The Balaban J connectivity index is 0.840. The number of rotatable bonds is 6. The van der Waals surface area contributed by atoms with Gasteiger partial charge in [-0.3, -0.25) is 9.80 Å². The van der Waals surface area contributed by atoms with Gasteiger partial charge in [0.1, 0.15) is 37.1 Å². The van der Waals surface area contributed by atoms with E-state index in [1.165, 1.54) is 0 Å². The Morgan fingerprint density at radius 2 is 0.446 bits per heavy atom. The highest BCUT2D eigenvalue weighted by Crippen LogP contribution is 2.54. The summed E-state index contributed by atoms with van der Waals surface area (Å²) in [6, 6.07) is 59.4. The molecule has 6 aromatic rings. The summed E-state index contributed by atoms with van der Waals surface area (Å²) in [5.74, 6) is -2.04. The molecule has 0 amide bonds. The molecular formula is C81H96N2O18. The molecule has 3 unspecified atom stereocenters. The van der Waals surface area contributed by atoms with Gasteiger partial charge in [-0.25, -0.2) is 14.4 Å². The second-order valence-electron chi connectivity index (χ2n) is 25.3. The summed E-state index contributed by atoms with van der Waals surface area (Å²) in [5.41, 5.74) is 3.01. The zero-order valence-electron chi connectivity index (χ0n) is 58.4. The molecule has 0 N–H and O–H groups in total. The van der Waals surface area contributed by atoms with Crippen LogP contribution in [0.25, 0.3) is 0 Å². The molecule has 20 heteroatoms. The van der Waals surface area contributed by atoms with Crippen LogP contribution < -0.4 is 0 Å². The SMILES string of the molecule is CC1=C2C(=O)OCCOCCN3CCOCCOC(=O)C4=C(C)OC(c5ccccc5)(c5ccccc5)C4COCCOCCN(CCOCCOCC2C(c2ccccc2)(c2ccccc2)O1)CCOCCOCC1C(=C(C)OC1(c1ccccc1)c1ccccc1)C(=O)OCCOCC3. The van der Waals surface area contributed by atoms with Gasteiger partial charge in [0, 0.05) is 72.6 Å². The minimum atomic E-state index is -1.11. The Bertz CT molecular complexity index is 3140. The van der Waals surface area contributed by atoms with E-state index in [-0.39, 0.29) is 119 Å². The summed E-state index contributed by atoms with van der Waals surface area (Å²) in [4.78, 5) is 47.9. The van der Waals surface area contributed by atoms with Crippen LogP contribution in [0.5, 0.6) is 0 Å². The van der Waals surface area contributed by atoms with Crippen molar-refractivity contribution in [2.75, 3.05) is 178 Å². The first-order valence-corrected chi connectivity index (χ1v) is 35.3. The fourth-order valence-corrected chi connectivity index (χ4v) is 14.3. The van der Waals surface area contributed by atoms with Crippen molar-refractivity contribution in [3.05, 3.63) is 249 Å². The third-order valence-electron chi connectivity index (χ3n) is 19.1. The van der Waals surface area contributed by atoms with Crippen LogP contribution in [0.3, 0.4) is 0 Å². The second-order valence-corrected chi connectivity index (χ2v) is 25.3. The number of carbonyl (C=O) groups is 3. The van der Waals surface area contributed by atoms with Crippen molar-refractivity contribution in [1.29, 1.82) is 0 Å². The zero-order chi connectivity index (χ0) is 70.0. The average Bonchev–Trinajstić information content (AvgIpc) is 1.63. The molecule has 3 saturated heterocycles. The molecule has 20 nitrogen and oxygen atoms in total. The number of nitrogens with zero attached hydrogens (tertiary/aromatic N) is 2. The number of allylic oxidation sites excluding steroid dienone is 3. The summed E-state index contributed by atoms with van der Waals surface area (Å²) in [6.45, 7) is 12.5. The first-order chi connectivity index (χ1) is 49.6. The molecule has 6 aromatic carbocycles. The predicted octanol–water partition coefficient (Wildman–Crippen LogP) is 9.99. The van der Waals surface area contributed by atoms with Gasteiger partial charge in [0.2, 0.25) is 0 Å². The van der Waals surface area contributed by atoms with Crippen molar-refractivity contribution in [3.8, 4) is 0 Å². The highest BCUT2D eigenvalue weighted by atomic mass is 16.6. The van der Waals surface area contributed by atoms with Gasteiger partial charge in [-0.1, -0.05) is 182 Å². The summed E-state index contributed by atoms with van der Waals surface area (Å²) in [6.07, 6.45) is 0. The number of benzene rings is 6. The van der Waals surface area contributed by atoms with Crippen molar-refractivity contribution in [2.24, 2.45) is 17.8 Å². The summed E-state index contributed by atoms with van der Waals surface area (Å²) < 4.78 is 95.9. The van der Waals surface area contributed by atoms with E-state index in [9.17, 15) is 14.4 Å². The maximum atomic E-state index is 14.5. The van der Waals surface area contributed by atoms with Crippen molar-refractivity contribution in [3.63, 3.8) is 0 Å². The van der Waals surface area contributed by atoms with Crippen molar-refractivity contribution < 1.29 is 85.4 Å². The number of esters is 3. The van der Waals surface area contributed by atoms with E-state index in [1.54, 1.807) is 20.8 Å². The van der Waals surface area contributed by atoms with E-state index in [0.717, 1.165) is 33.4 Å². The lowest BCUT2D eigenvalue weighted by atomic mass is 9.74. The summed E-state index contributed by atoms with van der Waals surface area (Å²) in [5, 5.41) is 0. The first kappa shape index (κ1) is 74.1. The molecule has 3 fully saturated rings. The molecule has 2 bridgehead atoms. The van der Waals surface area contributed by atoms with Gasteiger partial charge < -0.3 is 71.1 Å². The normalized spacial score (nSPS) is 24.5. The van der Waals surface area contributed by atoms with Gasteiger partial charge in [-0.05, 0) is 20.8 Å². The van der Waals surface area contributed by atoms with Gasteiger partial charge in [-0.15, -0.1) is 0 Å². The van der Waals surface area contributed by atoms with E-state index in [4.69, 9.17) is 71.1 Å². The minimum absolute atomic E-state index is 0.0225. The second kappa shape index (κ2) is 37.7. The molecule has 0 aromatic heterocycles. The smallest absolute Gasteiger partial charge is 0.338 e. The maximum Gasteiger partial charge on any atom is 0.338 e. The molecule has 0 aliphatic carbocycles. The summed E-state index contributed by atoms with van der Waals surface area (Å²) in [7, 11) is 0. The van der Waals surface area contributed by atoms with Gasteiger partial charge in [-0.2, -0.15) is 0 Å². The first-order valence-electron chi connectivity index (χ1n) is 35.3. The lowest BCUT2D eigenvalue weighted by Crippen LogP contribution is -2.40. The number of ether oxygens (including phenoxy) is 15. The van der Waals surface area contributed by atoms with E-state index in [1.807, 2.05) is 182 Å². The van der Waals surface area contributed by atoms with Crippen molar-refractivity contribution in [1.82, 2.24) is 9.80 Å². The number of hydrogen-bond acceptors (Lipinski definition) is 20. The van der Waals surface area contributed by atoms with Gasteiger partial charge in [0.15, 0.2) is 16.8 Å². The highest BCUT2D eigenvalue weighted by Gasteiger charge is 2.57. The lowest BCUT2D eigenvalue weighted by Gasteiger charge is -2.36. The maximum absolute atomic E-state index is 14.5. The number of fused-ring (bicyclic) bond motifs is 36. The van der Waals surface area contributed by atoms with E-state index in [0.29, 0.717) is 93.1 Å². The van der Waals surface area contributed by atoms with Crippen LogP contribution >= 0.6 is 0 Å². The zero-order valence-corrected chi connectivity index (χ0v) is 58.4. The van der Waals surface area contributed by atoms with E-state index >= 15 is 0 Å². The predicted molar refractivity (Wildman–Crippen MR) is 376 cm³/mol. The average molecular weight is 1390 g/mol. The van der Waals surface area contributed by atoms with Crippen LogP contribution in [-0.4, -0.2) is 206 Å². The number of carbonyl (C=O) groups excluding carboxylic acids is 3.